The maximum atomic E-state index is 12.9. The molecule has 0 aliphatic heterocycles. The average Bonchev–Trinajstić information content (AvgIpc) is 3.38. The van der Waals surface area contributed by atoms with E-state index in [0.717, 1.165) is 16.9 Å². The summed E-state index contributed by atoms with van der Waals surface area (Å²) in [4.78, 5) is 25.2. The fraction of sp³-hybridized carbons (Fsp3) is 0.391. The van der Waals surface area contributed by atoms with Crippen LogP contribution in [0.25, 0.3) is 16.0 Å². The Morgan fingerprint density at radius 3 is 2.68 bits per heavy atom. The molecule has 7 nitrogen and oxygen atoms in total. The lowest BCUT2D eigenvalue weighted by molar-refractivity contribution is -0.121. The van der Waals surface area contributed by atoms with Gasteiger partial charge in [-0.15, -0.1) is 21.5 Å². The molecule has 0 fully saturated rings. The monoisotopic (exact) mass is 437 g/mol. The molecule has 0 saturated heterocycles. The van der Waals surface area contributed by atoms with Crippen molar-refractivity contribution in [3.63, 3.8) is 0 Å². The molecule has 1 N–H and O–H groups in total. The fourth-order valence-electron chi connectivity index (χ4n) is 3.67. The molecule has 0 aliphatic rings. The molecule has 0 saturated carbocycles. The molecule has 1 amide bonds. The number of nitrogens with one attached hydrogen (secondary N) is 1. The zero-order valence-corrected chi connectivity index (χ0v) is 18.9. The summed E-state index contributed by atoms with van der Waals surface area (Å²) in [6.07, 6.45) is 1.69. The highest BCUT2D eigenvalue weighted by Crippen LogP contribution is 2.21. The lowest BCUT2D eigenvalue weighted by Gasteiger charge is -2.11. The van der Waals surface area contributed by atoms with Gasteiger partial charge < -0.3 is 5.32 Å². The number of aromatic nitrogens is 4. The van der Waals surface area contributed by atoms with Crippen molar-refractivity contribution in [2.45, 2.75) is 53.1 Å². The summed E-state index contributed by atoms with van der Waals surface area (Å²) in [7, 11) is 0. The molecule has 0 atom stereocenters. The van der Waals surface area contributed by atoms with E-state index in [1.807, 2.05) is 47.0 Å². The average molecular weight is 438 g/mol. The van der Waals surface area contributed by atoms with Crippen LogP contribution in [0, 0.1) is 12.8 Å². The first-order chi connectivity index (χ1) is 14.9. The molecule has 4 aromatic rings. The molecule has 31 heavy (non-hydrogen) atoms. The van der Waals surface area contributed by atoms with Crippen molar-refractivity contribution < 1.29 is 4.79 Å². The van der Waals surface area contributed by atoms with Gasteiger partial charge in [-0.25, -0.2) is 0 Å². The van der Waals surface area contributed by atoms with E-state index in [0.29, 0.717) is 48.7 Å². The Labute approximate surface area is 184 Å². The molecule has 0 spiro atoms. The van der Waals surface area contributed by atoms with E-state index in [2.05, 4.69) is 29.4 Å². The second-order valence-corrected chi connectivity index (χ2v) is 9.23. The summed E-state index contributed by atoms with van der Waals surface area (Å²) in [6.45, 7) is 7.32. The molecule has 0 aliphatic carbocycles. The maximum Gasteiger partial charge on any atom is 0.272 e. The third-order valence-corrected chi connectivity index (χ3v) is 6.13. The molecule has 8 heteroatoms. The van der Waals surface area contributed by atoms with Crippen molar-refractivity contribution >= 4 is 33.2 Å². The van der Waals surface area contributed by atoms with Crippen molar-refractivity contribution in [3.05, 3.63) is 63.0 Å². The normalized spacial score (nSPS) is 11.6. The fourth-order valence-corrected chi connectivity index (χ4v) is 4.50. The molecule has 162 valence electrons. The van der Waals surface area contributed by atoms with Crippen molar-refractivity contribution in [2.24, 2.45) is 5.92 Å². The van der Waals surface area contributed by atoms with Gasteiger partial charge in [-0.2, -0.15) is 0 Å². The summed E-state index contributed by atoms with van der Waals surface area (Å²) >= 11 is 1.44. The third-order valence-electron chi connectivity index (χ3n) is 5.24. The smallest absolute Gasteiger partial charge is 0.272 e. The lowest BCUT2D eigenvalue weighted by atomic mass is 10.1. The van der Waals surface area contributed by atoms with Gasteiger partial charge >= 0.3 is 0 Å². The van der Waals surface area contributed by atoms with Crippen LogP contribution in [-0.2, 0) is 24.3 Å². The minimum atomic E-state index is -0.0133. The van der Waals surface area contributed by atoms with Crippen molar-refractivity contribution in [2.75, 3.05) is 0 Å². The van der Waals surface area contributed by atoms with Gasteiger partial charge in [0, 0.05) is 25.9 Å². The number of carbonyl (C=O) groups is 1. The van der Waals surface area contributed by atoms with Crippen LogP contribution in [-0.4, -0.2) is 25.1 Å². The van der Waals surface area contributed by atoms with Crippen molar-refractivity contribution in [1.82, 2.24) is 24.5 Å². The van der Waals surface area contributed by atoms with Gasteiger partial charge in [0.1, 0.15) is 10.5 Å². The molecule has 4 rings (SSSR count). The molecule has 0 bridgehead atoms. The number of carbonyl (C=O) groups excluding carboxylic acids is 1. The van der Waals surface area contributed by atoms with Gasteiger partial charge in [0.05, 0.1) is 5.52 Å². The van der Waals surface area contributed by atoms with Crippen LogP contribution >= 0.6 is 11.3 Å². The van der Waals surface area contributed by atoms with E-state index >= 15 is 0 Å². The van der Waals surface area contributed by atoms with E-state index < -0.39 is 0 Å². The number of rotatable bonds is 8. The standard InChI is InChI=1S/C23H27N5O2S/c1-15(2)14-27-22(30)21-18(11-12-31-21)28-19(25-26-23(27)28)5-4-6-20(29)24-13-17-9-7-16(3)8-10-17/h7-12,15H,4-6,13-14H2,1-3H3,(H,24,29). The summed E-state index contributed by atoms with van der Waals surface area (Å²) < 4.78 is 4.40. The zero-order chi connectivity index (χ0) is 22.0. The summed E-state index contributed by atoms with van der Waals surface area (Å²) in [5, 5.41) is 13.6. The molecule has 1 aromatic carbocycles. The number of benzene rings is 1. The van der Waals surface area contributed by atoms with Crippen LogP contribution < -0.4 is 10.9 Å². The number of amides is 1. The first-order valence-corrected chi connectivity index (χ1v) is 11.5. The Balaban J connectivity index is 1.46. The second kappa shape index (κ2) is 9.01. The highest BCUT2D eigenvalue weighted by atomic mass is 32.1. The summed E-state index contributed by atoms with van der Waals surface area (Å²) in [5.41, 5.74) is 3.12. The lowest BCUT2D eigenvalue weighted by Crippen LogP contribution is -2.25. The second-order valence-electron chi connectivity index (χ2n) is 8.31. The molecular formula is C23H27N5O2S. The van der Waals surface area contributed by atoms with Crippen molar-refractivity contribution in [3.8, 4) is 0 Å². The van der Waals surface area contributed by atoms with Gasteiger partial charge in [-0.1, -0.05) is 43.7 Å². The predicted octanol–water partition coefficient (Wildman–Crippen LogP) is 3.71. The molecule has 3 heterocycles. The number of hydrogen-bond donors (Lipinski definition) is 1. The largest absolute Gasteiger partial charge is 0.352 e. The van der Waals surface area contributed by atoms with Gasteiger partial charge in [-0.3, -0.25) is 18.6 Å². The molecule has 3 aromatic heterocycles. The Morgan fingerprint density at radius 2 is 1.94 bits per heavy atom. The number of thiophene rings is 1. The number of hydrogen-bond acceptors (Lipinski definition) is 5. The van der Waals surface area contributed by atoms with Crippen LogP contribution in [0.15, 0.2) is 40.5 Å². The first kappa shape index (κ1) is 21.2. The van der Waals surface area contributed by atoms with Gasteiger partial charge in [-0.05, 0) is 36.3 Å². The van der Waals surface area contributed by atoms with Crippen LogP contribution in [0.4, 0.5) is 0 Å². The predicted molar refractivity (Wildman–Crippen MR) is 123 cm³/mol. The van der Waals surface area contributed by atoms with Crippen LogP contribution in [0.2, 0.25) is 0 Å². The van der Waals surface area contributed by atoms with E-state index in [4.69, 9.17) is 0 Å². The molecule has 0 radical (unpaired) electrons. The number of fused-ring (bicyclic) bond motifs is 3. The highest BCUT2D eigenvalue weighted by Gasteiger charge is 2.18. The van der Waals surface area contributed by atoms with E-state index in [9.17, 15) is 9.59 Å². The van der Waals surface area contributed by atoms with Gasteiger partial charge in [0.2, 0.25) is 11.7 Å². The van der Waals surface area contributed by atoms with Gasteiger partial charge in [0.25, 0.3) is 5.56 Å². The van der Waals surface area contributed by atoms with E-state index in [-0.39, 0.29) is 11.5 Å². The number of aryl methyl sites for hydroxylation is 2. The maximum absolute atomic E-state index is 12.9. The van der Waals surface area contributed by atoms with Crippen LogP contribution in [0.3, 0.4) is 0 Å². The van der Waals surface area contributed by atoms with Crippen LogP contribution in [0.5, 0.6) is 0 Å². The minimum Gasteiger partial charge on any atom is -0.352 e. The SMILES string of the molecule is Cc1ccc(CNC(=O)CCCc2nnc3n(CC(C)C)c(=O)c4sccc4n23)cc1. The molecular weight excluding hydrogens is 410 g/mol. The zero-order valence-electron chi connectivity index (χ0n) is 18.1. The third kappa shape index (κ3) is 4.54. The quantitative estimate of drug-likeness (QED) is 0.456. The van der Waals surface area contributed by atoms with E-state index in [1.54, 1.807) is 4.57 Å². The summed E-state index contributed by atoms with van der Waals surface area (Å²) in [6, 6.07) is 10.1. The first-order valence-electron chi connectivity index (χ1n) is 10.6. The number of nitrogens with zero attached hydrogens (tertiary/aromatic N) is 4. The minimum absolute atomic E-state index is 0.0133. The Bertz CT molecular complexity index is 1270. The Hall–Kier alpha value is -3.00. The van der Waals surface area contributed by atoms with Gasteiger partial charge in [0.15, 0.2) is 0 Å². The molecule has 0 unspecified atom stereocenters. The van der Waals surface area contributed by atoms with E-state index in [1.165, 1.54) is 16.9 Å². The topological polar surface area (TPSA) is 81.3 Å². The van der Waals surface area contributed by atoms with Crippen LogP contribution in [0.1, 0.15) is 43.6 Å². The summed E-state index contributed by atoms with van der Waals surface area (Å²) in [5.74, 6) is 1.69. The Morgan fingerprint density at radius 1 is 1.16 bits per heavy atom. The highest BCUT2D eigenvalue weighted by molar-refractivity contribution is 7.17. The Kier molecular flexibility index (Phi) is 6.18. The van der Waals surface area contributed by atoms with Crippen molar-refractivity contribution in [1.29, 1.82) is 0 Å².